The van der Waals surface area contributed by atoms with E-state index >= 15 is 0 Å². The molecule has 0 saturated heterocycles. The fourth-order valence-electron chi connectivity index (χ4n) is 2.01. The van der Waals surface area contributed by atoms with E-state index in [1.165, 1.54) is 0 Å². The van der Waals surface area contributed by atoms with Crippen molar-refractivity contribution < 1.29 is 0 Å². The lowest BCUT2D eigenvalue weighted by atomic mass is 10.2. The zero-order valence-corrected chi connectivity index (χ0v) is 12.5. The first-order valence-corrected chi connectivity index (χ1v) is 6.81. The van der Waals surface area contributed by atoms with Crippen molar-refractivity contribution in [1.29, 1.82) is 0 Å². The van der Waals surface area contributed by atoms with Crippen LogP contribution in [-0.2, 0) is 0 Å². The molecule has 2 aromatic heterocycles. The maximum Gasteiger partial charge on any atom is 0.213 e. The van der Waals surface area contributed by atoms with Crippen LogP contribution < -0.4 is 0 Å². The van der Waals surface area contributed by atoms with Gasteiger partial charge < -0.3 is 0 Å². The number of hydrogen-bond donors (Lipinski definition) is 2. The molecule has 7 heteroatoms. The SMILES string of the molecule is Cc1ccc(-n2ncc(-c3nc(=S)[nH][nH]3)c2C)cc1Cl. The molecular formula is C13H12ClN5S. The lowest BCUT2D eigenvalue weighted by Gasteiger charge is -2.06. The molecule has 2 heterocycles. The van der Waals surface area contributed by atoms with Gasteiger partial charge in [-0.25, -0.2) is 4.68 Å². The second-order valence-corrected chi connectivity index (χ2v) is 5.30. The van der Waals surface area contributed by atoms with Gasteiger partial charge in [0.2, 0.25) is 4.77 Å². The third-order valence-electron chi connectivity index (χ3n) is 3.17. The summed E-state index contributed by atoms with van der Waals surface area (Å²) in [5.41, 5.74) is 3.81. The van der Waals surface area contributed by atoms with Gasteiger partial charge in [-0.15, -0.1) is 0 Å². The Morgan fingerprint density at radius 3 is 2.70 bits per heavy atom. The second kappa shape index (κ2) is 4.88. The number of hydrogen-bond acceptors (Lipinski definition) is 3. The Morgan fingerprint density at radius 1 is 1.25 bits per heavy atom. The summed E-state index contributed by atoms with van der Waals surface area (Å²) in [6.45, 7) is 3.94. The van der Waals surface area contributed by atoms with E-state index in [2.05, 4.69) is 20.3 Å². The molecule has 0 aliphatic carbocycles. The largest absolute Gasteiger partial charge is 0.282 e. The van der Waals surface area contributed by atoms with Crippen molar-refractivity contribution in [3.05, 3.63) is 45.4 Å². The highest BCUT2D eigenvalue weighted by Gasteiger charge is 2.12. The van der Waals surface area contributed by atoms with Crippen molar-refractivity contribution in [2.45, 2.75) is 13.8 Å². The van der Waals surface area contributed by atoms with Crippen molar-refractivity contribution in [1.82, 2.24) is 25.0 Å². The molecule has 0 fully saturated rings. The van der Waals surface area contributed by atoms with Gasteiger partial charge in [-0.2, -0.15) is 10.1 Å². The van der Waals surface area contributed by atoms with Crippen LogP contribution in [0.2, 0.25) is 5.02 Å². The van der Waals surface area contributed by atoms with E-state index in [1.807, 2.05) is 36.7 Å². The zero-order valence-electron chi connectivity index (χ0n) is 10.9. The fourth-order valence-corrected chi connectivity index (χ4v) is 2.33. The van der Waals surface area contributed by atoms with Gasteiger partial charge in [-0.05, 0) is 43.8 Å². The molecule has 102 valence electrons. The highest BCUT2D eigenvalue weighted by Crippen LogP contribution is 2.24. The molecule has 0 unspecified atom stereocenters. The third-order valence-corrected chi connectivity index (χ3v) is 3.77. The van der Waals surface area contributed by atoms with Gasteiger partial charge in [0.25, 0.3) is 0 Å². The summed E-state index contributed by atoms with van der Waals surface area (Å²) in [5, 5.41) is 10.8. The smallest absolute Gasteiger partial charge is 0.213 e. The second-order valence-electron chi connectivity index (χ2n) is 4.50. The summed E-state index contributed by atoms with van der Waals surface area (Å²) in [4.78, 5) is 4.20. The van der Waals surface area contributed by atoms with Gasteiger partial charge in [0.1, 0.15) is 0 Å². The van der Waals surface area contributed by atoms with Crippen LogP contribution in [0.1, 0.15) is 11.3 Å². The Hall–Kier alpha value is -1.92. The average molecular weight is 306 g/mol. The Bertz CT molecular complexity index is 829. The molecule has 5 nitrogen and oxygen atoms in total. The van der Waals surface area contributed by atoms with Crippen molar-refractivity contribution in [2.24, 2.45) is 0 Å². The summed E-state index contributed by atoms with van der Waals surface area (Å²) in [7, 11) is 0. The molecule has 1 aromatic carbocycles. The fraction of sp³-hybridized carbons (Fsp3) is 0.154. The molecule has 0 saturated carbocycles. The summed E-state index contributed by atoms with van der Waals surface area (Å²) in [6.07, 6.45) is 1.75. The first-order chi connectivity index (χ1) is 9.56. The standard InChI is InChI=1S/C13H12ClN5S/c1-7-3-4-9(5-11(7)14)19-8(2)10(6-15-19)12-16-13(20)18-17-12/h3-6H,1-2H3,(H2,16,17,18,20). The van der Waals surface area contributed by atoms with Crippen LogP contribution in [0.15, 0.2) is 24.4 Å². The van der Waals surface area contributed by atoms with E-state index < -0.39 is 0 Å². The van der Waals surface area contributed by atoms with Crippen molar-refractivity contribution in [3.8, 4) is 17.1 Å². The summed E-state index contributed by atoms with van der Waals surface area (Å²) in [5.74, 6) is 0.678. The maximum absolute atomic E-state index is 6.16. The number of benzene rings is 1. The molecule has 0 atom stereocenters. The quantitative estimate of drug-likeness (QED) is 0.711. The number of aryl methyl sites for hydroxylation is 1. The zero-order chi connectivity index (χ0) is 14.3. The number of nitrogens with one attached hydrogen (secondary N) is 2. The molecule has 0 spiro atoms. The van der Waals surface area contributed by atoms with Crippen molar-refractivity contribution in [3.63, 3.8) is 0 Å². The summed E-state index contributed by atoms with van der Waals surface area (Å²) in [6, 6.07) is 5.85. The number of aromatic amines is 2. The lowest BCUT2D eigenvalue weighted by molar-refractivity contribution is 0.847. The molecular weight excluding hydrogens is 294 g/mol. The van der Waals surface area contributed by atoms with Crippen LogP contribution in [0.4, 0.5) is 0 Å². The molecule has 20 heavy (non-hydrogen) atoms. The molecule has 2 N–H and O–H groups in total. The number of aromatic nitrogens is 5. The van der Waals surface area contributed by atoms with E-state index in [0.717, 1.165) is 27.5 Å². The van der Waals surface area contributed by atoms with Gasteiger partial charge in [0, 0.05) is 5.02 Å². The molecule has 0 radical (unpaired) electrons. The van der Waals surface area contributed by atoms with Crippen LogP contribution in [0, 0.1) is 18.6 Å². The molecule has 0 aliphatic rings. The van der Waals surface area contributed by atoms with Gasteiger partial charge in [0.15, 0.2) is 5.82 Å². The van der Waals surface area contributed by atoms with Crippen LogP contribution in [0.3, 0.4) is 0 Å². The van der Waals surface area contributed by atoms with Crippen molar-refractivity contribution >= 4 is 23.8 Å². The Kier molecular flexibility index (Phi) is 3.19. The summed E-state index contributed by atoms with van der Waals surface area (Å²) >= 11 is 11.1. The van der Waals surface area contributed by atoms with E-state index in [4.69, 9.17) is 23.8 Å². The molecule has 3 rings (SSSR count). The van der Waals surface area contributed by atoms with Crippen LogP contribution in [-0.4, -0.2) is 25.0 Å². The van der Waals surface area contributed by atoms with E-state index in [-0.39, 0.29) is 0 Å². The molecule has 0 aliphatic heterocycles. The maximum atomic E-state index is 6.16. The normalized spacial score (nSPS) is 10.9. The number of nitrogens with zero attached hydrogens (tertiary/aromatic N) is 3. The van der Waals surface area contributed by atoms with Crippen LogP contribution in [0.5, 0.6) is 0 Å². The predicted molar refractivity (Wildman–Crippen MR) is 80.8 cm³/mol. The Morgan fingerprint density at radius 2 is 2.05 bits per heavy atom. The molecule has 3 aromatic rings. The van der Waals surface area contributed by atoms with E-state index in [9.17, 15) is 0 Å². The lowest BCUT2D eigenvalue weighted by Crippen LogP contribution is -1.99. The molecule has 0 amide bonds. The third kappa shape index (κ3) is 2.17. The van der Waals surface area contributed by atoms with Crippen molar-refractivity contribution in [2.75, 3.05) is 0 Å². The monoisotopic (exact) mass is 305 g/mol. The first kappa shape index (κ1) is 13.1. The Balaban J connectivity index is 2.10. The minimum atomic E-state index is 0.422. The van der Waals surface area contributed by atoms with Crippen LogP contribution >= 0.6 is 23.8 Å². The van der Waals surface area contributed by atoms with Gasteiger partial charge in [-0.1, -0.05) is 17.7 Å². The number of halogens is 1. The minimum absolute atomic E-state index is 0.422. The topological polar surface area (TPSA) is 62.3 Å². The van der Waals surface area contributed by atoms with Gasteiger partial charge >= 0.3 is 0 Å². The minimum Gasteiger partial charge on any atom is -0.282 e. The van der Waals surface area contributed by atoms with Gasteiger partial charge in [-0.3, -0.25) is 10.2 Å². The van der Waals surface area contributed by atoms with Crippen LogP contribution in [0.25, 0.3) is 17.1 Å². The summed E-state index contributed by atoms with van der Waals surface area (Å²) < 4.78 is 2.25. The number of rotatable bonds is 2. The molecule has 0 bridgehead atoms. The average Bonchev–Trinajstić information content (AvgIpc) is 2.99. The highest BCUT2D eigenvalue weighted by atomic mass is 35.5. The highest BCUT2D eigenvalue weighted by molar-refractivity contribution is 7.71. The van der Waals surface area contributed by atoms with E-state index in [1.54, 1.807) is 6.20 Å². The first-order valence-electron chi connectivity index (χ1n) is 6.02. The van der Waals surface area contributed by atoms with Gasteiger partial charge in [0.05, 0.1) is 23.1 Å². The predicted octanol–water partition coefficient (Wildman–Crippen LogP) is 3.59. The number of H-pyrrole nitrogens is 2. The van der Waals surface area contributed by atoms with E-state index in [0.29, 0.717) is 10.6 Å². The Labute approximate surface area is 125 Å².